The number of nitrogens with one attached hydrogen (secondary N) is 7. The zero-order valence-corrected chi connectivity index (χ0v) is 61.8. The Morgan fingerprint density at radius 3 is 1.16 bits per heavy atom. The molecule has 0 unspecified atom stereocenters. The van der Waals surface area contributed by atoms with Crippen molar-refractivity contribution in [2.45, 2.75) is 216 Å². The molecular weight excluding hydrogens is 1480 g/mol. The molecule has 2 aromatic heterocycles. The van der Waals surface area contributed by atoms with Crippen LogP contribution in [0.3, 0.4) is 0 Å². The minimum Gasteiger partial charge on any atom is -0.481 e. The molecule has 15 N–H and O–H groups in total. The molecule has 5 fully saturated rings. The lowest BCUT2D eigenvalue weighted by Crippen LogP contribution is -2.47. The SMILES string of the molecule is C.C.CC(C)(C)OC(=O)NN.CC(C)(C)OC(=O)NNC(=O)C1CCC1.Cc1cc(C)cc(-c2ncn(/C=C\C(=O)O)n2)c1.Cl.Cl.NNC(=O)C1CCC1.NNC(=O)C1CCC1.O=C(/C=C\n1cnc(-c2cc(C(F)(F)F)cc(S(F)(F)(F)(F)F)c2)n1)NNC(=O)C1CCC1.O=C(O)C1CCC1.[2H]CC.[2H]CC. The fraction of sp³-hybridized carbons (Fsp3) is 0.561. The first-order valence-corrected chi connectivity index (χ1v) is 34.0. The van der Waals surface area contributed by atoms with Crippen molar-refractivity contribution in [2.75, 3.05) is 0 Å². The van der Waals surface area contributed by atoms with Crippen LogP contribution >= 0.6 is 35.0 Å². The van der Waals surface area contributed by atoms with E-state index in [1.54, 1.807) is 55.4 Å². The van der Waals surface area contributed by atoms with Gasteiger partial charge in [0.15, 0.2) is 11.6 Å². The molecule has 5 aliphatic carbocycles. The number of aliphatic carboxylic acids is 2. The van der Waals surface area contributed by atoms with E-state index in [4.69, 9.17) is 40.0 Å². The lowest BCUT2D eigenvalue weighted by molar-refractivity contribution is -0.144. The minimum absolute atomic E-state index is 0. The molecule has 0 bridgehead atoms. The number of carboxylic acids is 2. The Balaban J connectivity index is -0.000000617. The molecule has 29 nitrogen and oxygen atoms in total. The van der Waals surface area contributed by atoms with E-state index in [-0.39, 0.29) is 105 Å². The van der Waals surface area contributed by atoms with Crippen LogP contribution in [0.1, 0.15) is 200 Å². The fourth-order valence-electron chi connectivity index (χ4n) is 8.13. The van der Waals surface area contributed by atoms with Crippen LogP contribution in [0.5, 0.6) is 0 Å². The number of nitrogens with two attached hydrogens (primary N) is 3. The number of carbonyl (C=O) groups excluding carboxylic acids is 7. The summed E-state index contributed by atoms with van der Waals surface area (Å²) in [6.45, 7) is 19.2. The molecule has 0 atom stereocenters. The number of ether oxygens (including phenoxy) is 2. The highest BCUT2D eigenvalue weighted by molar-refractivity contribution is 8.45. The van der Waals surface area contributed by atoms with Gasteiger partial charge >= 0.3 is 40.5 Å². The van der Waals surface area contributed by atoms with Gasteiger partial charge in [0.2, 0.25) is 23.6 Å². The Morgan fingerprint density at radius 2 is 0.877 bits per heavy atom. The topological polar surface area (TPSA) is 436 Å². The number of carbonyl (C=O) groups is 9. The molecule has 0 spiro atoms. The van der Waals surface area contributed by atoms with Crippen LogP contribution in [-0.2, 0) is 49.2 Å². The van der Waals surface area contributed by atoms with Crippen LogP contribution in [0, 0.1) is 43.4 Å². The maximum Gasteiger partial charge on any atom is 0.426 e. The van der Waals surface area contributed by atoms with Crippen molar-refractivity contribution >= 4 is 101 Å². The van der Waals surface area contributed by atoms with E-state index in [0.29, 0.717) is 32.5 Å². The molecule has 2 heterocycles. The minimum atomic E-state index is -10.4. The lowest BCUT2D eigenvalue weighted by atomic mass is 9.85. The summed E-state index contributed by atoms with van der Waals surface area (Å²) in [7, 11) is -10.4. The monoisotopic (exact) mass is 1590 g/mol. The highest BCUT2D eigenvalue weighted by Crippen LogP contribution is 3.02. The second-order valence-corrected chi connectivity index (χ2v) is 27.3. The van der Waals surface area contributed by atoms with Gasteiger partial charge in [-0.05, 0) is 150 Å². The maximum absolute atomic E-state index is 13.1. The Hall–Kier alpha value is -8.72. The summed E-state index contributed by atoms with van der Waals surface area (Å²) in [6, 6.07) is 5.40. The lowest BCUT2D eigenvalue weighted by Gasteiger charge is -2.40. The largest absolute Gasteiger partial charge is 0.481 e. The van der Waals surface area contributed by atoms with E-state index in [2.05, 4.69) is 58.8 Å². The van der Waals surface area contributed by atoms with Gasteiger partial charge in [-0.25, -0.2) is 56.7 Å². The van der Waals surface area contributed by atoms with E-state index in [1.807, 2.05) is 31.4 Å². The summed E-state index contributed by atoms with van der Waals surface area (Å²) in [4.78, 5) is 103. The summed E-state index contributed by atoms with van der Waals surface area (Å²) in [5, 5.41) is 24.5. The second-order valence-electron chi connectivity index (χ2n) is 24.9. The zero-order valence-electron chi connectivity index (χ0n) is 61.4. The van der Waals surface area contributed by atoms with Crippen molar-refractivity contribution in [1.82, 2.24) is 67.5 Å². The van der Waals surface area contributed by atoms with Crippen molar-refractivity contribution in [2.24, 2.45) is 47.1 Å². The molecule has 606 valence electrons. The molecule has 106 heavy (non-hydrogen) atoms. The van der Waals surface area contributed by atoms with Crippen LogP contribution in [0.4, 0.5) is 42.2 Å². The van der Waals surface area contributed by atoms with Crippen LogP contribution in [-0.4, -0.2) is 105 Å². The molecule has 0 radical (unpaired) electrons. The van der Waals surface area contributed by atoms with Gasteiger partial charge < -0.3 is 19.7 Å². The molecule has 5 aliphatic rings. The van der Waals surface area contributed by atoms with Crippen molar-refractivity contribution < 1.29 is 98.2 Å². The van der Waals surface area contributed by atoms with E-state index in [9.17, 15) is 75.8 Å². The number of benzene rings is 2. The molecule has 0 saturated heterocycles. The number of nitrogens with zero attached hydrogens (tertiary/aromatic N) is 6. The highest BCUT2D eigenvalue weighted by Gasteiger charge is 2.66. The first-order chi connectivity index (χ1) is 48.1. The normalized spacial score (nSPS) is 15.2. The van der Waals surface area contributed by atoms with Crippen LogP contribution in [0.2, 0.25) is 0 Å². The van der Waals surface area contributed by atoms with Crippen molar-refractivity contribution in [3.8, 4) is 22.8 Å². The average Bonchev–Trinajstić information content (AvgIpc) is 0.777. The quantitative estimate of drug-likeness (QED) is 0.0206. The number of hydrazine groups is 5. The second kappa shape index (κ2) is 47.1. The van der Waals surface area contributed by atoms with Gasteiger partial charge in [-0.1, -0.05) is 111 Å². The van der Waals surface area contributed by atoms with E-state index in [0.717, 1.165) is 117 Å². The fourth-order valence-corrected chi connectivity index (χ4v) is 8.83. The summed E-state index contributed by atoms with van der Waals surface area (Å²) in [5.74, 6) is 11.7. The summed E-state index contributed by atoms with van der Waals surface area (Å²) < 4.78 is 129. The molecule has 40 heteroatoms. The zero-order chi connectivity index (χ0) is 79.5. The number of hydrogen-bond acceptors (Lipinski definition) is 18. The van der Waals surface area contributed by atoms with Crippen LogP contribution in [0.15, 0.2) is 66.1 Å². The molecule has 5 saturated carbocycles. The number of carboxylic acid groups (broad SMARTS) is 2. The molecule has 2 aromatic carbocycles. The maximum atomic E-state index is 13.1. The van der Waals surface area contributed by atoms with E-state index in [1.165, 1.54) is 30.1 Å². The summed E-state index contributed by atoms with van der Waals surface area (Å²) in [5.41, 5.74) is 14.2. The first kappa shape index (κ1) is 99.3. The predicted molar refractivity (Wildman–Crippen MR) is 392 cm³/mol. The van der Waals surface area contributed by atoms with Gasteiger partial charge in [0, 0.05) is 62.1 Å². The predicted octanol–water partition coefficient (Wildman–Crippen LogP) is 13.5. The van der Waals surface area contributed by atoms with Crippen LogP contribution < -0.4 is 55.5 Å². The third kappa shape index (κ3) is 41.3. The number of amides is 7. The smallest absolute Gasteiger partial charge is 0.426 e. The molecule has 7 amide bonds. The molecule has 0 aliphatic heterocycles. The van der Waals surface area contributed by atoms with Crippen molar-refractivity contribution in [3.05, 3.63) is 77.9 Å². The third-order valence-corrected chi connectivity index (χ3v) is 15.5. The van der Waals surface area contributed by atoms with Gasteiger partial charge in [-0.2, -0.15) is 13.2 Å². The van der Waals surface area contributed by atoms with Crippen LogP contribution in [0.25, 0.3) is 35.2 Å². The third-order valence-electron chi connectivity index (χ3n) is 14.3. The Labute approximate surface area is 628 Å². The molecule has 4 aromatic rings. The molecular formula is C66H108Cl2F8N16O13S. The van der Waals surface area contributed by atoms with Crippen molar-refractivity contribution in [3.63, 3.8) is 0 Å². The van der Waals surface area contributed by atoms with Crippen molar-refractivity contribution in [1.29, 1.82) is 0 Å². The average molecular weight is 1590 g/mol. The van der Waals surface area contributed by atoms with Gasteiger partial charge in [0.25, 0.3) is 5.91 Å². The summed E-state index contributed by atoms with van der Waals surface area (Å²) in [6.07, 6.45) is 14.4. The Bertz CT molecular complexity index is 3470. The number of alkyl halides is 3. The molecule has 9 rings (SSSR count). The van der Waals surface area contributed by atoms with Gasteiger partial charge in [-0.3, -0.25) is 61.3 Å². The van der Waals surface area contributed by atoms with E-state index < -0.39 is 85.5 Å². The highest BCUT2D eigenvalue weighted by atomic mass is 35.5. The number of aromatic nitrogens is 6. The summed E-state index contributed by atoms with van der Waals surface area (Å²) >= 11 is 0. The van der Waals surface area contributed by atoms with Gasteiger partial charge in [0.1, 0.15) is 28.8 Å². The van der Waals surface area contributed by atoms with E-state index >= 15 is 0 Å². The first-order valence-electron chi connectivity index (χ1n) is 33.4. The number of aryl methyl sites for hydroxylation is 2. The van der Waals surface area contributed by atoms with Gasteiger partial charge in [-0.15, -0.1) is 35.0 Å². The Kier molecular flexibility index (Phi) is 44.1. The number of rotatable bonds is 12. The number of halogens is 10. The Morgan fingerprint density at radius 1 is 0.528 bits per heavy atom. The standard InChI is InChI=1S/C17H15F8N5O2S.C13H13N3O2.C10H18N2O3.C5H12N2O2.2C5H10N2O.C5H8O2.2C2H6.2CH4.2ClH/c18-17(19,20)12-6-11(7-13(8-12)33(21,22,23,24)25)15-26-9-30(29-15)5-4-14(31)27-28-16(32)10-2-1-3-10;1-9-5-10(2)7-11(6-9)13-14-8-16(15-13)4-3-12(17)18;1-10(2,3)15-9(14)12-11-8(13)7-5-4-6-7;1-5(2,3)9-4(8)7-6;2*6-7-5(8)4-2-1-3-4;6-5(7)4-2-1-3-4;2*1-2;;;;/h4-10H,1-3H2,(H,27,31)(H,28,32);3-8H,1-2H3,(H,17,18);7H,4-6H2,1-3H3,(H,11,13)(H,12,14);6H2,1-3H3,(H,7,8);2*4H,1-3,6H2,(H,7,8);4H,1-3H2,(H,6,7);2*1-2H3;2*1H4;2*1H/b5-4-;4-3-;;;;;;;;;;;/i;;;;;;;2*1D;;;;. The number of hydrogen-bond donors (Lipinski definition) is 12. The van der Waals surface area contributed by atoms with Gasteiger partial charge in [0.05, 0.1) is 11.5 Å².